The summed E-state index contributed by atoms with van der Waals surface area (Å²) in [5, 5.41) is 2.90. The highest BCUT2D eigenvalue weighted by molar-refractivity contribution is 5.88. The highest BCUT2D eigenvalue weighted by atomic mass is 16.5. The van der Waals surface area contributed by atoms with E-state index in [2.05, 4.69) is 5.32 Å². The fourth-order valence-corrected chi connectivity index (χ4v) is 2.90. The Hall–Kier alpha value is -3.22. The second-order valence-electron chi connectivity index (χ2n) is 7.65. The van der Waals surface area contributed by atoms with Gasteiger partial charge in [-0.05, 0) is 54.8 Å². The highest BCUT2D eigenvalue weighted by Gasteiger charge is 2.26. The number of carbonyl (C=O) groups is 2. The van der Waals surface area contributed by atoms with E-state index in [4.69, 9.17) is 14.2 Å². The molecule has 0 heterocycles. The first-order valence-electron chi connectivity index (χ1n) is 10.3. The minimum Gasteiger partial charge on any atom is -0.497 e. The van der Waals surface area contributed by atoms with Crippen molar-refractivity contribution in [3.8, 4) is 17.2 Å². The third-order valence-electron chi connectivity index (χ3n) is 4.76. The summed E-state index contributed by atoms with van der Waals surface area (Å²) < 4.78 is 16.1. The van der Waals surface area contributed by atoms with Gasteiger partial charge in [0.05, 0.1) is 14.2 Å². The smallest absolute Gasteiger partial charge is 0.261 e. The Kier molecular flexibility index (Phi) is 9.18. The van der Waals surface area contributed by atoms with Gasteiger partial charge in [-0.15, -0.1) is 0 Å². The number of methoxy groups -OCH3 is 2. The van der Waals surface area contributed by atoms with Crippen LogP contribution in [0, 0.1) is 5.92 Å². The molecule has 7 heteroatoms. The van der Waals surface area contributed by atoms with Gasteiger partial charge in [0.25, 0.3) is 5.91 Å². The second-order valence-corrected chi connectivity index (χ2v) is 7.65. The highest BCUT2D eigenvalue weighted by Crippen LogP contribution is 2.19. The maximum atomic E-state index is 13.0. The van der Waals surface area contributed by atoms with Gasteiger partial charge in [-0.25, -0.2) is 0 Å². The number of ether oxygens (including phenoxy) is 3. The van der Waals surface area contributed by atoms with E-state index in [1.54, 1.807) is 45.4 Å². The molecule has 2 aromatic carbocycles. The largest absolute Gasteiger partial charge is 0.497 e. The zero-order chi connectivity index (χ0) is 22.8. The van der Waals surface area contributed by atoms with Gasteiger partial charge in [0.2, 0.25) is 5.91 Å². The number of hydrogen-bond donors (Lipinski definition) is 1. The normalized spacial score (nSPS) is 11.5. The molecule has 7 nitrogen and oxygen atoms in total. The molecule has 0 saturated carbocycles. The predicted octanol–water partition coefficient (Wildman–Crippen LogP) is 3.27. The van der Waals surface area contributed by atoms with Gasteiger partial charge in [0.15, 0.2) is 6.61 Å². The van der Waals surface area contributed by atoms with Crippen molar-refractivity contribution in [3.63, 3.8) is 0 Å². The minimum atomic E-state index is -0.656. The SMILES string of the molecule is COc1ccc(OCC(=O)N(Cc2cccc(OC)c2)[C@@H](C)C(=O)NCC(C)C)cc1. The Balaban J connectivity index is 2.13. The third kappa shape index (κ3) is 7.51. The standard InChI is InChI=1S/C24H32N2O5/c1-17(2)14-25-24(28)18(3)26(15-19-7-6-8-22(13-19)30-5)23(27)16-31-21-11-9-20(29-4)10-12-21/h6-13,17-18H,14-16H2,1-5H3,(H,25,28)/t18-/m0/s1. The lowest BCUT2D eigenvalue weighted by Crippen LogP contribution is -2.49. The maximum Gasteiger partial charge on any atom is 0.261 e. The lowest BCUT2D eigenvalue weighted by Gasteiger charge is -2.29. The van der Waals surface area contributed by atoms with E-state index in [0.717, 1.165) is 5.56 Å². The van der Waals surface area contributed by atoms with Gasteiger partial charge in [-0.1, -0.05) is 26.0 Å². The number of nitrogens with zero attached hydrogens (tertiary/aromatic N) is 1. The molecule has 0 spiro atoms. The molecule has 0 aliphatic rings. The topological polar surface area (TPSA) is 77.1 Å². The number of nitrogens with one attached hydrogen (secondary N) is 1. The molecule has 0 saturated heterocycles. The molecule has 1 atom stereocenters. The molecule has 2 aromatic rings. The Labute approximate surface area is 184 Å². The molecule has 0 bridgehead atoms. The van der Waals surface area contributed by atoms with E-state index < -0.39 is 6.04 Å². The Morgan fingerprint density at radius 1 is 0.935 bits per heavy atom. The van der Waals surface area contributed by atoms with Crippen LogP contribution in [0.2, 0.25) is 0 Å². The van der Waals surface area contributed by atoms with E-state index in [0.29, 0.717) is 29.7 Å². The van der Waals surface area contributed by atoms with Crippen molar-refractivity contribution in [1.29, 1.82) is 0 Å². The first-order valence-corrected chi connectivity index (χ1v) is 10.3. The van der Waals surface area contributed by atoms with E-state index in [1.165, 1.54) is 4.90 Å². The van der Waals surface area contributed by atoms with Crippen molar-refractivity contribution in [2.45, 2.75) is 33.4 Å². The van der Waals surface area contributed by atoms with Crippen molar-refractivity contribution in [2.24, 2.45) is 5.92 Å². The molecule has 0 aliphatic carbocycles. The van der Waals surface area contributed by atoms with Crippen LogP contribution < -0.4 is 19.5 Å². The molecule has 0 aromatic heterocycles. The minimum absolute atomic E-state index is 0.182. The number of benzene rings is 2. The van der Waals surface area contributed by atoms with Crippen molar-refractivity contribution in [2.75, 3.05) is 27.4 Å². The average molecular weight is 429 g/mol. The first-order chi connectivity index (χ1) is 14.8. The summed E-state index contributed by atoms with van der Waals surface area (Å²) in [5.41, 5.74) is 0.862. The molecular formula is C24H32N2O5. The lowest BCUT2D eigenvalue weighted by molar-refractivity contribution is -0.142. The second kappa shape index (κ2) is 11.8. The fourth-order valence-electron chi connectivity index (χ4n) is 2.90. The van der Waals surface area contributed by atoms with Crippen LogP contribution >= 0.6 is 0 Å². The van der Waals surface area contributed by atoms with Gasteiger partial charge in [0.1, 0.15) is 23.3 Å². The summed E-state index contributed by atoms with van der Waals surface area (Å²) in [6, 6.07) is 13.8. The molecule has 0 radical (unpaired) electrons. The number of hydrogen-bond acceptors (Lipinski definition) is 5. The summed E-state index contributed by atoms with van der Waals surface area (Å²) >= 11 is 0. The van der Waals surface area contributed by atoms with Crippen molar-refractivity contribution >= 4 is 11.8 Å². The molecular weight excluding hydrogens is 396 g/mol. The van der Waals surface area contributed by atoms with Crippen LogP contribution in [0.1, 0.15) is 26.3 Å². The Bertz CT molecular complexity index is 851. The Morgan fingerprint density at radius 3 is 2.19 bits per heavy atom. The Morgan fingerprint density at radius 2 is 1.58 bits per heavy atom. The quantitative estimate of drug-likeness (QED) is 0.594. The van der Waals surface area contributed by atoms with Gasteiger partial charge in [0, 0.05) is 13.1 Å². The van der Waals surface area contributed by atoms with Gasteiger partial charge in [-0.2, -0.15) is 0 Å². The molecule has 31 heavy (non-hydrogen) atoms. The molecule has 2 rings (SSSR count). The van der Waals surface area contributed by atoms with Gasteiger partial charge in [-0.3, -0.25) is 9.59 Å². The fraction of sp³-hybridized carbons (Fsp3) is 0.417. The monoisotopic (exact) mass is 428 g/mol. The van der Waals surface area contributed by atoms with Crippen LogP contribution in [0.4, 0.5) is 0 Å². The van der Waals surface area contributed by atoms with Crippen molar-refractivity contribution in [1.82, 2.24) is 10.2 Å². The van der Waals surface area contributed by atoms with Crippen LogP contribution in [-0.4, -0.2) is 50.1 Å². The molecule has 0 fully saturated rings. The van der Waals surface area contributed by atoms with E-state index in [1.807, 2.05) is 38.1 Å². The van der Waals surface area contributed by atoms with Gasteiger partial charge < -0.3 is 24.4 Å². The zero-order valence-corrected chi connectivity index (χ0v) is 18.9. The van der Waals surface area contributed by atoms with E-state index in [9.17, 15) is 9.59 Å². The van der Waals surface area contributed by atoms with Crippen molar-refractivity contribution in [3.05, 3.63) is 54.1 Å². The third-order valence-corrected chi connectivity index (χ3v) is 4.76. The summed E-state index contributed by atoms with van der Waals surface area (Å²) in [6.07, 6.45) is 0. The predicted molar refractivity (Wildman–Crippen MR) is 119 cm³/mol. The average Bonchev–Trinajstić information content (AvgIpc) is 2.79. The number of amides is 2. The van der Waals surface area contributed by atoms with E-state index >= 15 is 0 Å². The van der Waals surface area contributed by atoms with Crippen LogP contribution in [0.3, 0.4) is 0 Å². The van der Waals surface area contributed by atoms with Crippen molar-refractivity contribution < 1.29 is 23.8 Å². The summed E-state index contributed by atoms with van der Waals surface area (Å²) in [6.45, 7) is 6.39. The van der Waals surface area contributed by atoms with Crippen LogP contribution in [0.15, 0.2) is 48.5 Å². The lowest BCUT2D eigenvalue weighted by atomic mass is 10.1. The maximum absolute atomic E-state index is 13.0. The summed E-state index contributed by atoms with van der Waals surface area (Å²) in [7, 11) is 3.17. The molecule has 2 amide bonds. The summed E-state index contributed by atoms with van der Waals surface area (Å²) in [5.74, 6) is 1.77. The zero-order valence-electron chi connectivity index (χ0n) is 18.9. The van der Waals surface area contributed by atoms with Gasteiger partial charge >= 0.3 is 0 Å². The molecule has 0 unspecified atom stereocenters. The molecule has 1 N–H and O–H groups in total. The van der Waals surface area contributed by atoms with Crippen LogP contribution in [0.5, 0.6) is 17.2 Å². The van der Waals surface area contributed by atoms with Crippen LogP contribution in [-0.2, 0) is 16.1 Å². The van der Waals surface area contributed by atoms with E-state index in [-0.39, 0.29) is 25.0 Å². The van der Waals surface area contributed by atoms with Crippen LogP contribution in [0.25, 0.3) is 0 Å². The first kappa shape index (κ1) is 24.1. The molecule has 168 valence electrons. The molecule has 0 aliphatic heterocycles. The number of rotatable bonds is 11. The number of carbonyl (C=O) groups excluding carboxylic acids is 2. The summed E-state index contributed by atoms with van der Waals surface area (Å²) in [4.78, 5) is 27.2.